The highest BCUT2D eigenvalue weighted by molar-refractivity contribution is 5.76. The number of hydrogen-bond donors (Lipinski definition) is 1. The molecule has 2 atom stereocenters. The second kappa shape index (κ2) is 3.21. The smallest absolute Gasteiger partial charge is 0.442 e. The summed E-state index contributed by atoms with van der Waals surface area (Å²) in [4.78, 5) is 10.6. The Balaban J connectivity index is 2.83. The minimum atomic E-state index is -5.03. The van der Waals surface area contributed by atoms with Gasteiger partial charge in [0.2, 0.25) is 0 Å². The Morgan fingerprint density at radius 1 is 1.40 bits per heavy atom. The Hall–Kier alpha value is -1.07. The molecule has 6 heteroatoms. The zero-order valence-electron chi connectivity index (χ0n) is 8.10. The third-order valence-corrected chi connectivity index (χ3v) is 2.77. The number of carboxylic acids is 1. The van der Waals surface area contributed by atoms with Crippen molar-refractivity contribution in [2.75, 3.05) is 0 Å². The van der Waals surface area contributed by atoms with Crippen LogP contribution in [0.3, 0.4) is 0 Å². The number of alkyl halides is 3. The Bertz CT molecular complexity index is 317. The molecule has 0 aromatic carbocycles. The maximum Gasteiger partial charge on any atom is 0.442 e. The van der Waals surface area contributed by atoms with Crippen molar-refractivity contribution in [2.24, 2.45) is 17.3 Å². The second-order valence-electron chi connectivity index (χ2n) is 4.18. The van der Waals surface area contributed by atoms with Gasteiger partial charge in [0, 0.05) is 0 Å². The summed E-state index contributed by atoms with van der Waals surface area (Å²) in [6, 6.07) is 0. The predicted molar refractivity (Wildman–Crippen MR) is 43.6 cm³/mol. The third-order valence-electron chi connectivity index (χ3n) is 2.77. The van der Waals surface area contributed by atoms with Gasteiger partial charge < -0.3 is 5.11 Å². The molecule has 0 spiro atoms. The molecule has 0 aliphatic heterocycles. The van der Waals surface area contributed by atoms with Crippen LogP contribution in [0.25, 0.3) is 0 Å². The Kier molecular flexibility index (Phi) is 2.57. The average Bonchev–Trinajstić information content (AvgIpc) is 2.50. The van der Waals surface area contributed by atoms with Crippen LogP contribution in [0.1, 0.15) is 13.8 Å². The monoisotopic (exact) mass is 226 g/mol. The van der Waals surface area contributed by atoms with Crippen molar-refractivity contribution in [3.63, 3.8) is 0 Å². The molecular weight excluding hydrogens is 216 g/mol. The summed E-state index contributed by atoms with van der Waals surface area (Å²) in [7, 11) is 0. The number of rotatable bonds is 2. The first kappa shape index (κ1) is 12.0. The van der Waals surface area contributed by atoms with Crippen LogP contribution < -0.4 is 0 Å². The van der Waals surface area contributed by atoms with Gasteiger partial charge in [0.05, 0.1) is 5.92 Å². The van der Waals surface area contributed by atoms with E-state index in [1.165, 1.54) is 13.8 Å². The van der Waals surface area contributed by atoms with Crippen molar-refractivity contribution in [3.05, 3.63) is 11.9 Å². The average molecular weight is 226 g/mol. The molecule has 1 fully saturated rings. The van der Waals surface area contributed by atoms with Gasteiger partial charge in [0.1, 0.15) is 0 Å². The molecule has 0 unspecified atom stereocenters. The number of halogens is 4. The zero-order valence-corrected chi connectivity index (χ0v) is 8.10. The molecule has 0 bridgehead atoms. The number of carbonyl (C=O) groups is 1. The van der Waals surface area contributed by atoms with Crippen LogP contribution >= 0.6 is 0 Å². The number of aliphatic carboxylic acids is 1. The van der Waals surface area contributed by atoms with Gasteiger partial charge in [0.25, 0.3) is 0 Å². The maximum atomic E-state index is 12.5. The summed E-state index contributed by atoms with van der Waals surface area (Å²) in [6.45, 7) is 2.99. The van der Waals surface area contributed by atoms with E-state index in [1.54, 1.807) is 0 Å². The van der Waals surface area contributed by atoms with Crippen LogP contribution in [0.5, 0.6) is 0 Å². The highest BCUT2D eigenvalue weighted by Gasteiger charge is 2.61. The lowest BCUT2D eigenvalue weighted by atomic mass is 10.1. The van der Waals surface area contributed by atoms with E-state index in [1.807, 2.05) is 0 Å². The predicted octanol–water partition coefficient (Wildman–Crippen LogP) is 2.76. The quantitative estimate of drug-likeness (QED) is 0.735. The van der Waals surface area contributed by atoms with Crippen molar-refractivity contribution in [1.82, 2.24) is 0 Å². The first-order valence-electron chi connectivity index (χ1n) is 4.26. The fourth-order valence-corrected chi connectivity index (χ4v) is 1.71. The highest BCUT2D eigenvalue weighted by atomic mass is 19.4. The summed E-state index contributed by atoms with van der Waals surface area (Å²) in [5.41, 5.74) is -0.811. The molecule has 0 aromatic heterocycles. The number of hydrogen-bond acceptors (Lipinski definition) is 1. The molecule has 1 rings (SSSR count). The van der Waals surface area contributed by atoms with E-state index in [0.717, 1.165) is 0 Å². The zero-order chi connectivity index (χ0) is 12.0. The van der Waals surface area contributed by atoms with Gasteiger partial charge in [-0.3, -0.25) is 4.79 Å². The fraction of sp³-hybridized carbons (Fsp3) is 0.667. The SMILES string of the molecule is CC1(C)[C@@H](C=C(F)C(F)(F)F)[C@@H]1C(=O)O. The minimum absolute atomic E-state index is 0.360. The van der Waals surface area contributed by atoms with Crippen molar-refractivity contribution in [1.29, 1.82) is 0 Å². The van der Waals surface area contributed by atoms with E-state index >= 15 is 0 Å². The van der Waals surface area contributed by atoms with Crippen molar-refractivity contribution < 1.29 is 27.5 Å². The summed E-state index contributed by atoms with van der Waals surface area (Å²) in [6.07, 6.45) is -4.67. The molecule has 1 aliphatic rings. The van der Waals surface area contributed by atoms with E-state index in [4.69, 9.17) is 5.11 Å². The minimum Gasteiger partial charge on any atom is -0.481 e. The standard InChI is InChI=1S/C9H10F4O2/c1-8(2)4(6(8)7(14)15)3-5(10)9(11,12)13/h3-4,6H,1-2H3,(H,14,15)/t4-,6+/m0/s1. The van der Waals surface area contributed by atoms with Gasteiger partial charge in [-0.2, -0.15) is 13.2 Å². The first-order chi connectivity index (χ1) is 6.58. The van der Waals surface area contributed by atoms with Gasteiger partial charge in [-0.15, -0.1) is 0 Å². The summed E-state index contributed by atoms with van der Waals surface area (Å²) >= 11 is 0. The maximum absolute atomic E-state index is 12.5. The lowest BCUT2D eigenvalue weighted by molar-refractivity contribution is -0.139. The van der Waals surface area contributed by atoms with Crippen LogP contribution in [0.4, 0.5) is 17.6 Å². The number of allylic oxidation sites excluding steroid dienone is 2. The lowest BCUT2D eigenvalue weighted by Gasteiger charge is -2.02. The molecule has 0 heterocycles. The van der Waals surface area contributed by atoms with Crippen LogP contribution in [0, 0.1) is 17.3 Å². The molecule has 86 valence electrons. The molecule has 1 N–H and O–H groups in total. The van der Waals surface area contributed by atoms with Crippen LogP contribution in [-0.2, 0) is 4.79 Å². The Morgan fingerprint density at radius 2 is 1.87 bits per heavy atom. The second-order valence-corrected chi connectivity index (χ2v) is 4.18. The molecule has 0 amide bonds. The lowest BCUT2D eigenvalue weighted by Crippen LogP contribution is -2.08. The van der Waals surface area contributed by atoms with E-state index in [-0.39, 0.29) is 0 Å². The van der Waals surface area contributed by atoms with Crippen LogP contribution in [0.2, 0.25) is 0 Å². The molecule has 0 saturated heterocycles. The van der Waals surface area contributed by atoms with Gasteiger partial charge >= 0.3 is 12.1 Å². The van der Waals surface area contributed by atoms with Gasteiger partial charge in [-0.05, 0) is 17.4 Å². The van der Waals surface area contributed by atoms with Crippen LogP contribution in [-0.4, -0.2) is 17.3 Å². The Morgan fingerprint density at radius 3 is 2.13 bits per heavy atom. The third kappa shape index (κ3) is 2.13. The molecule has 2 nitrogen and oxygen atoms in total. The van der Waals surface area contributed by atoms with Gasteiger partial charge in [-0.25, -0.2) is 4.39 Å². The van der Waals surface area contributed by atoms with Crippen molar-refractivity contribution in [2.45, 2.75) is 20.0 Å². The van der Waals surface area contributed by atoms with Gasteiger partial charge in [-0.1, -0.05) is 13.8 Å². The fourth-order valence-electron chi connectivity index (χ4n) is 1.71. The van der Waals surface area contributed by atoms with E-state index < -0.39 is 35.2 Å². The highest BCUT2D eigenvalue weighted by Crippen LogP contribution is 2.59. The normalized spacial score (nSPS) is 30.1. The largest absolute Gasteiger partial charge is 0.481 e. The van der Waals surface area contributed by atoms with E-state index in [0.29, 0.717) is 6.08 Å². The molecule has 1 saturated carbocycles. The molecule has 0 aromatic rings. The van der Waals surface area contributed by atoms with Crippen molar-refractivity contribution >= 4 is 5.97 Å². The summed E-state index contributed by atoms with van der Waals surface area (Å²) in [5.74, 6) is -5.25. The summed E-state index contributed by atoms with van der Waals surface area (Å²) in [5, 5.41) is 8.64. The molecule has 15 heavy (non-hydrogen) atoms. The van der Waals surface area contributed by atoms with Crippen LogP contribution in [0.15, 0.2) is 11.9 Å². The molecule has 1 aliphatic carbocycles. The molecular formula is C9H10F4O2. The topological polar surface area (TPSA) is 37.3 Å². The summed E-state index contributed by atoms with van der Waals surface area (Å²) < 4.78 is 48.0. The Labute approximate surface area is 83.6 Å². The molecule has 0 radical (unpaired) electrons. The number of carboxylic acid groups (broad SMARTS) is 1. The van der Waals surface area contributed by atoms with Gasteiger partial charge in [0.15, 0.2) is 5.83 Å². The van der Waals surface area contributed by atoms with E-state index in [2.05, 4.69) is 0 Å². The van der Waals surface area contributed by atoms with Crippen molar-refractivity contribution in [3.8, 4) is 0 Å². The first-order valence-corrected chi connectivity index (χ1v) is 4.26. The van der Waals surface area contributed by atoms with E-state index in [9.17, 15) is 22.4 Å².